The molecule has 0 spiro atoms. The smallest absolute Gasteiger partial charge is 0.148 e. The molecule has 1 fully saturated rings. The summed E-state index contributed by atoms with van der Waals surface area (Å²) in [6.45, 7) is 4.11. The first kappa shape index (κ1) is 9.14. The van der Waals surface area contributed by atoms with Crippen LogP contribution in [0.15, 0.2) is 12.4 Å². The first-order valence-electron chi connectivity index (χ1n) is 4.29. The predicted octanol–water partition coefficient (Wildman–Crippen LogP) is 0.491. The van der Waals surface area contributed by atoms with Crippen molar-refractivity contribution in [2.75, 3.05) is 31.1 Å². The van der Waals surface area contributed by atoms with Gasteiger partial charge in [0.05, 0.1) is 12.4 Å². The quantitative estimate of drug-likeness (QED) is 0.764. The van der Waals surface area contributed by atoms with Crippen LogP contribution in [0.5, 0.6) is 0 Å². The number of nitrogens with one attached hydrogen (secondary N) is 1. The van der Waals surface area contributed by atoms with Crippen molar-refractivity contribution in [2.45, 2.75) is 0 Å². The second-order valence-electron chi connectivity index (χ2n) is 2.94. The number of hydrogen-bond acceptors (Lipinski definition) is 4. The highest BCUT2D eigenvalue weighted by Gasteiger charge is 2.11. The molecule has 0 bridgehead atoms. The van der Waals surface area contributed by atoms with Gasteiger partial charge < -0.3 is 10.2 Å². The molecule has 5 heteroatoms. The highest BCUT2D eigenvalue weighted by Crippen LogP contribution is 2.10. The van der Waals surface area contributed by atoms with Crippen molar-refractivity contribution in [3.05, 3.63) is 16.1 Å². The monoisotopic (exact) mass is 290 g/mol. The Labute approximate surface area is 90.9 Å². The molecule has 0 saturated carbocycles. The maximum absolute atomic E-state index is 4.42. The van der Waals surface area contributed by atoms with E-state index in [4.69, 9.17) is 0 Å². The molecule has 2 heterocycles. The second-order valence-corrected chi connectivity index (χ2v) is 4.04. The van der Waals surface area contributed by atoms with E-state index >= 15 is 0 Å². The van der Waals surface area contributed by atoms with Crippen LogP contribution in [0, 0.1) is 3.70 Å². The van der Waals surface area contributed by atoms with Crippen LogP contribution >= 0.6 is 22.6 Å². The number of halogens is 1. The second kappa shape index (κ2) is 4.19. The molecule has 0 atom stereocenters. The molecule has 0 unspecified atom stereocenters. The molecule has 0 amide bonds. The van der Waals surface area contributed by atoms with E-state index in [1.54, 1.807) is 6.20 Å². The molecule has 13 heavy (non-hydrogen) atoms. The normalized spacial score (nSPS) is 17.5. The Balaban J connectivity index is 2.14. The van der Waals surface area contributed by atoms with E-state index < -0.39 is 0 Å². The number of hydrogen-bond donors (Lipinski definition) is 1. The number of aromatic nitrogens is 2. The third kappa shape index (κ3) is 2.28. The van der Waals surface area contributed by atoms with Crippen molar-refractivity contribution in [3.63, 3.8) is 0 Å². The van der Waals surface area contributed by atoms with Crippen LogP contribution in [0.4, 0.5) is 5.82 Å². The summed E-state index contributed by atoms with van der Waals surface area (Å²) < 4.78 is 0.952. The highest BCUT2D eigenvalue weighted by atomic mass is 127. The molecule has 1 saturated heterocycles. The number of nitrogens with zero attached hydrogens (tertiary/aromatic N) is 3. The van der Waals surface area contributed by atoms with Gasteiger partial charge in [0.25, 0.3) is 0 Å². The van der Waals surface area contributed by atoms with Gasteiger partial charge in [-0.3, -0.25) is 4.98 Å². The zero-order valence-corrected chi connectivity index (χ0v) is 9.36. The lowest BCUT2D eigenvalue weighted by Gasteiger charge is -2.27. The average Bonchev–Trinajstić information content (AvgIpc) is 2.19. The summed E-state index contributed by atoms with van der Waals surface area (Å²) in [4.78, 5) is 10.8. The van der Waals surface area contributed by atoms with E-state index in [1.807, 2.05) is 6.20 Å². The minimum atomic E-state index is 0.952. The summed E-state index contributed by atoms with van der Waals surface area (Å²) in [5.74, 6) is 0.994. The van der Waals surface area contributed by atoms with Crippen LogP contribution in [0.1, 0.15) is 0 Å². The molecule has 1 aliphatic heterocycles. The van der Waals surface area contributed by atoms with Gasteiger partial charge in [0.15, 0.2) is 0 Å². The molecular weight excluding hydrogens is 279 g/mol. The van der Waals surface area contributed by atoms with Crippen LogP contribution in [-0.4, -0.2) is 36.1 Å². The van der Waals surface area contributed by atoms with Crippen LogP contribution in [0.3, 0.4) is 0 Å². The third-order valence-electron chi connectivity index (χ3n) is 2.03. The van der Waals surface area contributed by atoms with Gasteiger partial charge in [0.1, 0.15) is 9.52 Å². The summed E-state index contributed by atoms with van der Waals surface area (Å²) in [6.07, 6.45) is 3.60. The maximum Gasteiger partial charge on any atom is 0.148 e. The molecule has 2 rings (SSSR count). The van der Waals surface area contributed by atoms with Crippen LogP contribution in [0.25, 0.3) is 0 Å². The molecule has 1 aromatic rings. The Morgan fingerprint density at radius 1 is 1.31 bits per heavy atom. The Kier molecular flexibility index (Phi) is 2.94. The van der Waals surface area contributed by atoms with Gasteiger partial charge in [0.2, 0.25) is 0 Å². The Morgan fingerprint density at radius 2 is 2.08 bits per heavy atom. The fourth-order valence-corrected chi connectivity index (χ4v) is 1.79. The Morgan fingerprint density at radius 3 is 2.77 bits per heavy atom. The molecule has 1 aliphatic rings. The first-order chi connectivity index (χ1) is 6.36. The van der Waals surface area contributed by atoms with Crippen LogP contribution in [0.2, 0.25) is 0 Å². The van der Waals surface area contributed by atoms with Gasteiger partial charge in [-0.15, -0.1) is 0 Å². The zero-order valence-electron chi connectivity index (χ0n) is 7.20. The van der Waals surface area contributed by atoms with Crippen molar-refractivity contribution >= 4 is 28.4 Å². The lowest BCUT2D eigenvalue weighted by Crippen LogP contribution is -2.44. The highest BCUT2D eigenvalue weighted by molar-refractivity contribution is 14.1. The van der Waals surface area contributed by atoms with Gasteiger partial charge in [-0.25, -0.2) is 4.98 Å². The van der Waals surface area contributed by atoms with Crippen molar-refractivity contribution in [3.8, 4) is 0 Å². The summed E-state index contributed by atoms with van der Waals surface area (Å²) in [5.41, 5.74) is 0. The molecule has 0 radical (unpaired) electrons. The van der Waals surface area contributed by atoms with Gasteiger partial charge >= 0.3 is 0 Å². The minimum absolute atomic E-state index is 0.952. The SMILES string of the molecule is Ic1cncc(N2CCNCC2)n1. The van der Waals surface area contributed by atoms with Gasteiger partial charge in [0, 0.05) is 26.2 Å². The average molecular weight is 290 g/mol. The molecule has 1 N–H and O–H groups in total. The summed E-state index contributed by atoms with van der Waals surface area (Å²) in [6, 6.07) is 0. The molecule has 0 aliphatic carbocycles. The maximum atomic E-state index is 4.42. The molecular formula is C8H11IN4. The zero-order chi connectivity index (χ0) is 9.10. The lowest BCUT2D eigenvalue weighted by molar-refractivity contribution is 0.584. The summed E-state index contributed by atoms with van der Waals surface area (Å²) in [5, 5.41) is 3.31. The Hall–Kier alpha value is -0.430. The predicted molar refractivity (Wildman–Crippen MR) is 59.8 cm³/mol. The molecule has 70 valence electrons. The number of piperazine rings is 1. The van der Waals surface area contributed by atoms with E-state index in [-0.39, 0.29) is 0 Å². The largest absolute Gasteiger partial charge is 0.353 e. The fraction of sp³-hybridized carbons (Fsp3) is 0.500. The Bertz CT molecular complexity index is 285. The summed E-state index contributed by atoms with van der Waals surface area (Å²) >= 11 is 2.19. The van der Waals surface area contributed by atoms with Crippen LogP contribution in [-0.2, 0) is 0 Å². The van der Waals surface area contributed by atoms with Crippen molar-refractivity contribution in [1.82, 2.24) is 15.3 Å². The number of rotatable bonds is 1. The van der Waals surface area contributed by atoms with E-state index in [0.717, 1.165) is 35.7 Å². The van der Waals surface area contributed by atoms with Crippen molar-refractivity contribution in [1.29, 1.82) is 0 Å². The van der Waals surface area contributed by atoms with E-state index in [2.05, 4.69) is 42.8 Å². The van der Waals surface area contributed by atoms with E-state index in [1.165, 1.54) is 0 Å². The molecule has 0 aromatic carbocycles. The lowest BCUT2D eigenvalue weighted by atomic mass is 10.4. The van der Waals surface area contributed by atoms with Gasteiger partial charge in [-0.1, -0.05) is 0 Å². The first-order valence-corrected chi connectivity index (χ1v) is 5.37. The van der Waals surface area contributed by atoms with Crippen LogP contribution < -0.4 is 10.2 Å². The number of anilines is 1. The fourth-order valence-electron chi connectivity index (χ4n) is 1.38. The van der Waals surface area contributed by atoms with Crippen molar-refractivity contribution < 1.29 is 0 Å². The van der Waals surface area contributed by atoms with Gasteiger partial charge in [-0.2, -0.15) is 0 Å². The molecule has 1 aromatic heterocycles. The van der Waals surface area contributed by atoms with E-state index in [0.29, 0.717) is 0 Å². The van der Waals surface area contributed by atoms with Crippen molar-refractivity contribution in [2.24, 2.45) is 0 Å². The van der Waals surface area contributed by atoms with Gasteiger partial charge in [-0.05, 0) is 22.6 Å². The molecule has 4 nitrogen and oxygen atoms in total. The summed E-state index contributed by atoms with van der Waals surface area (Å²) in [7, 11) is 0. The topological polar surface area (TPSA) is 41.1 Å². The third-order valence-corrected chi connectivity index (χ3v) is 2.55. The van der Waals surface area contributed by atoms with E-state index in [9.17, 15) is 0 Å². The standard InChI is InChI=1S/C8H11IN4/c9-7-5-11-6-8(12-7)13-3-1-10-2-4-13/h5-6,10H,1-4H2. The minimum Gasteiger partial charge on any atom is -0.353 e.